The van der Waals surface area contributed by atoms with E-state index in [0.29, 0.717) is 11.5 Å². The molecule has 0 aliphatic heterocycles. The smallest absolute Gasteiger partial charge is 0.255 e. The van der Waals surface area contributed by atoms with Gasteiger partial charge in [-0.05, 0) is 42.7 Å². The van der Waals surface area contributed by atoms with Crippen molar-refractivity contribution in [2.45, 2.75) is 26.7 Å². The van der Waals surface area contributed by atoms with Gasteiger partial charge in [-0.1, -0.05) is 38.1 Å². The average Bonchev–Trinajstić information content (AvgIpc) is 3.02. The summed E-state index contributed by atoms with van der Waals surface area (Å²) in [4.78, 5) is 16.8. The van der Waals surface area contributed by atoms with Crippen LogP contribution >= 0.6 is 11.3 Å². The van der Waals surface area contributed by atoms with Crippen LogP contribution in [-0.4, -0.2) is 10.9 Å². The lowest BCUT2D eigenvalue weighted by Crippen LogP contribution is -2.11. The molecule has 0 saturated carbocycles. The summed E-state index contributed by atoms with van der Waals surface area (Å²) in [6.45, 7) is 6.29. The molecule has 4 heteroatoms. The number of benzene rings is 2. The Hall–Kier alpha value is -2.46. The highest BCUT2D eigenvalue weighted by Gasteiger charge is 2.08. The maximum Gasteiger partial charge on any atom is 0.255 e. The zero-order chi connectivity index (χ0) is 17.1. The molecule has 1 heterocycles. The van der Waals surface area contributed by atoms with Gasteiger partial charge in [-0.15, -0.1) is 11.3 Å². The molecule has 0 aliphatic carbocycles. The van der Waals surface area contributed by atoms with Gasteiger partial charge in [0, 0.05) is 22.2 Å². The first kappa shape index (κ1) is 16.4. The third-order valence-electron chi connectivity index (χ3n) is 3.90. The van der Waals surface area contributed by atoms with E-state index < -0.39 is 0 Å². The van der Waals surface area contributed by atoms with Gasteiger partial charge in [0.15, 0.2) is 0 Å². The van der Waals surface area contributed by atoms with Crippen LogP contribution in [0.2, 0.25) is 0 Å². The minimum absolute atomic E-state index is 0.103. The van der Waals surface area contributed by atoms with E-state index in [0.717, 1.165) is 22.0 Å². The van der Waals surface area contributed by atoms with Gasteiger partial charge in [-0.3, -0.25) is 4.79 Å². The van der Waals surface area contributed by atoms with Crippen molar-refractivity contribution in [3.63, 3.8) is 0 Å². The molecule has 2 aromatic carbocycles. The van der Waals surface area contributed by atoms with E-state index in [1.54, 1.807) is 11.3 Å². The molecule has 1 aromatic heterocycles. The van der Waals surface area contributed by atoms with E-state index in [4.69, 9.17) is 0 Å². The number of aromatic nitrogens is 1. The molecule has 3 rings (SSSR count). The van der Waals surface area contributed by atoms with Crippen LogP contribution in [0.1, 0.15) is 40.7 Å². The Morgan fingerprint density at radius 3 is 2.25 bits per heavy atom. The van der Waals surface area contributed by atoms with E-state index in [1.165, 1.54) is 5.56 Å². The summed E-state index contributed by atoms with van der Waals surface area (Å²) >= 11 is 1.62. The molecule has 3 aromatic rings. The van der Waals surface area contributed by atoms with Crippen LogP contribution in [0.3, 0.4) is 0 Å². The summed E-state index contributed by atoms with van der Waals surface area (Å²) in [6, 6.07) is 15.5. The SMILES string of the molecule is Cc1nc(-c2ccc(C(=O)Nc3ccc(C(C)C)cc3)cc2)cs1. The number of aryl methyl sites for hydroxylation is 1. The number of rotatable bonds is 4. The van der Waals surface area contributed by atoms with Gasteiger partial charge in [-0.25, -0.2) is 4.98 Å². The summed E-state index contributed by atoms with van der Waals surface area (Å²) in [7, 11) is 0. The van der Waals surface area contributed by atoms with Crippen molar-refractivity contribution in [3.8, 4) is 11.3 Å². The second-order valence-corrected chi connectivity index (χ2v) is 7.12. The Morgan fingerprint density at radius 2 is 1.71 bits per heavy atom. The predicted molar refractivity (Wildman–Crippen MR) is 101 cm³/mol. The van der Waals surface area contributed by atoms with Crippen molar-refractivity contribution >= 4 is 22.9 Å². The van der Waals surface area contributed by atoms with Gasteiger partial charge in [-0.2, -0.15) is 0 Å². The molecular weight excluding hydrogens is 316 g/mol. The van der Waals surface area contributed by atoms with Crippen LogP contribution in [0.25, 0.3) is 11.3 Å². The summed E-state index contributed by atoms with van der Waals surface area (Å²) in [5.41, 5.74) is 4.68. The monoisotopic (exact) mass is 336 g/mol. The summed E-state index contributed by atoms with van der Waals surface area (Å²) in [6.07, 6.45) is 0. The van der Waals surface area contributed by atoms with Gasteiger partial charge in [0.25, 0.3) is 5.91 Å². The molecule has 0 aliphatic rings. The number of thiazole rings is 1. The topological polar surface area (TPSA) is 42.0 Å². The van der Waals surface area contributed by atoms with Gasteiger partial charge in [0.05, 0.1) is 10.7 Å². The lowest BCUT2D eigenvalue weighted by atomic mass is 10.0. The summed E-state index contributed by atoms with van der Waals surface area (Å²) < 4.78 is 0. The molecular formula is C20H20N2OS. The highest BCUT2D eigenvalue weighted by atomic mass is 32.1. The van der Waals surface area contributed by atoms with Gasteiger partial charge >= 0.3 is 0 Å². The van der Waals surface area contributed by atoms with Crippen LogP contribution in [0.15, 0.2) is 53.9 Å². The van der Waals surface area contributed by atoms with Crippen molar-refractivity contribution in [2.24, 2.45) is 0 Å². The summed E-state index contributed by atoms with van der Waals surface area (Å²) in [5.74, 6) is 0.380. The summed E-state index contributed by atoms with van der Waals surface area (Å²) in [5, 5.41) is 6.00. The minimum atomic E-state index is -0.103. The van der Waals surface area contributed by atoms with Crippen molar-refractivity contribution < 1.29 is 4.79 Å². The van der Waals surface area contributed by atoms with Crippen LogP contribution in [-0.2, 0) is 0 Å². The molecule has 0 atom stereocenters. The molecule has 24 heavy (non-hydrogen) atoms. The number of nitrogens with one attached hydrogen (secondary N) is 1. The number of amides is 1. The molecule has 0 fully saturated rings. The molecule has 0 saturated heterocycles. The number of carbonyl (C=O) groups excluding carboxylic acids is 1. The lowest BCUT2D eigenvalue weighted by molar-refractivity contribution is 0.102. The first-order valence-corrected chi connectivity index (χ1v) is 8.85. The molecule has 0 bridgehead atoms. The molecule has 0 spiro atoms. The first-order valence-electron chi connectivity index (χ1n) is 7.97. The fraction of sp³-hybridized carbons (Fsp3) is 0.200. The quantitative estimate of drug-likeness (QED) is 0.684. The van der Waals surface area contributed by atoms with Crippen LogP contribution in [0.5, 0.6) is 0 Å². The van der Waals surface area contributed by atoms with E-state index >= 15 is 0 Å². The van der Waals surface area contributed by atoms with Crippen LogP contribution in [0.4, 0.5) is 5.69 Å². The molecule has 1 N–H and O–H groups in total. The highest BCUT2D eigenvalue weighted by molar-refractivity contribution is 7.09. The maximum absolute atomic E-state index is 12.4. The Balaban J connectivity index is 1.71. The molecule has 3 nitrogen and oxygen atoms in total. The Labute approximate surface area is 146 Å². The molecule has 1 amide bonds. The van der Waals surface area contributed by atoms with Gasteiger partial charge in [0.1, 0.15) is 0 Å². The maximum atomic E-state index is 12.4. The zero-order valence-electron chi connectivity index (χ0n) is 14.0. The zero-order valence-corrected chi connectivity index (χ0v) is 14.9. The second kappa shape index (κ2) is 6.97. The normalized spacial score (nSPS) is 10.8. The largest absolute Gasteiger partial charge is 0.322 e. The van der Waals surface area contributed by atoms with E-state index in [2.05, 4.69) is 24.1 Å². The van der Waals surface area contributed by atoms with Crippen molar-refractivity contribution in [3.05, 3.63) is 70.0 Å². The third-order valence-corrected chi connectivity index (χ3v) is 4.67. The Morgan fingerprint density at radius 1 is 1.04 bits per heavy atom. The molecule has 0 radical (unpaired) electrons. The fourth-order valence-electron chi connectivity index (χ4n) is 2.44. The number of carbonyl (C=O) groups is 1. The Bertz CT molecular complexity index is 833. The van der Waals surface area contributed by atoms with Crippen LogP contribution < -0.4 is 5.32 Å². The highest BCUT2D eigenvalue weighted by Crippen LogP contribution is 2.22. The fourth-order valence-corrected chi connectivity index (χ4v) is 3.07. The van der Waals surface area contributed by atoms with E-state index in [-0.39, 0.29) is 5.91 Å². The first-order chi connectivity index (χ1) is 11.5. The predicted octanol–water partition coefficient (Wildman–Crippen LogP) is 5.49. The number of nitrogens with zero attached hydrogens (tertiary/aromatic N) is 1. The minimum Gasteiger partial charge on any atom is -0.322 e. The van der Waals surface area contributed by atoms with Crippen molar-refractivity contribution in [1.29, 1.82) is 0 Å². The van der Waals surface area contributed by atoms with Gasteiger partial charge in [0.2, 0.25) is 0 Å². The van der Waals surface area contributed by atoms with Gasteiger partial charge < -0.3 is 5.32 Å². The van der Waals surface area contributed by atoms with E-state index in [9.17, 15) is 4.79 Å². The lowest BCUT2D eigenvalue weighted by Gasteiger charge is -2.09. The standard InChI is InChI=1S/C20H20N2OS/c1-13(2)15-8-10-18(11-9-15)22-20(23)17-6-4-16(5-7-17)19-12-24-14(3)21-19/h4-13H,1-3H3,(H,22,23). The molecule has 122 valence electrons. The number of hydrogen-bond donors (Lipinski definition) is 1. The van der Waals surface area contributed by atoms with Crippen LogP contribution in [0, 0.1) is 6.92 Å². The second-order valence-electron chi connectivity index (χ2n) is 6.06. The number of anilines is 1. The molecule has 0 unspecified atom stereocenters. The number of hydrogen-bond acceptors (Lipinski definition) is 3. The Kier molecular flexibility index (Phi) is 4.76. The van der Waals surface area contributed by atoms with Crippen molar-refractivity contribution in [2.75, 3.05) is 5.32 Å². The van der Waals surface area contributed by atoms with E-state index in [1.807, 2.05) is 60.8 Å². The van der Waals surface area contributed by atoms with Crippen molar-refractivity contribution in [1.82, 2.24) is 4.98 Å². The third kappa shape index (κ3) is 3.71. The average molecular weight is 336 g/mol.